The van der Waals surface area contributed by atoms with E-state index in [1.165, 1.54) is 11.3 Å². The molecule has 0 aliphatic heterocycles. The van der Waals surface area contributed by atoms with Crippen molar-refractivity contribution in [2.75, 3.05) is 13.1 Å². The van der Waals surface area contributed by atoms with Crippen molar-refractivity contribution in [3.05, 3.63) is 22.4 Å². The van der Waals surface area contributed by atoms with Gasteiger partial charge in [-0.1, -0.05) is 6.07 Å². The molecule has 0 spiro atoms. The lowest BCUT2D eigenvalue weighted by molar-refractivity contribution is 0.0753. The number of rotatable bonds is 4. The minimum Gasteiger partial charge on any atom is -0.334 e. The zero-order valence-electron chi connectivity index (χ0n) is 7.98. The van der Waals surface area contributed by atoms with Crippen LogP contribution in [0.3, 0.4) is 0 Å². The molecule has 0 atom stereocenters. The highest BCUT2D eigenvalue weighted by atomic mass is 32.1. The van der Waals surface area contributed by atoms with E-state index in [4.69, 9.17) is 5.73 Å². The quantitative estimate of drug-likeness (QED) is 0.814. The first-order valence-corrected chi connectivity index (χ1v) is 5.75. The fraction of sp³-hybridized carbons (Fsp3) is 0.500. The Bertz CT molecular complexity index is 306. The van der Waals surface area contributed by atoms with Gasteiger partial charge in [0.25, 0.3) is 5.91 Å². The number of hydrogen-bond acceptors (Lipinski definition) is 3. The molecule has 1 aromatic heterocycles. The third kappa shape index (κ3) is 1.96. The molecule has 76 valence electrons. The van der Waals surface area contributed by atoms with Gasteiger partial charge in [0, 0.05) is 19.1 Å². The van der Waals surface area contributed by atoms with E-state index in [0.29, 0.717) is 19.1 Å². The molecule has 0 aromatic carbocycles. The molecule has 1 aliphatic carbocycles. The Morgan fingerprint density at radius 2 is 2.43 bits per heavy atom. The zero-order chi connectivity index (χ0) is 9.97. The summed E-state index contributed by atoms with van der Waals surface area (Å²) in [5.41, 5.74) is 5.50. The first-order valence-electron chi connectivity index (χ1n) is 4.87. The zero-order valence-corrected chi connectivity index (χ0v) is 8.80. The van der Waals surface area contributed by atoms with Gasteiger partial charge in [-0.3, -0.25) is 4.79 Å². The van der Waals surface area contributed by atoms with Gasteiger partial charge in [0.1, 0.15) is 0 Å². The molecule has 1 amide bonds. The van der Waals surface area contributed by atoms with Gasteiger partial charge < -0.3 is 10.6 Å². The first-order chi connectivity index (χ1) is 6.83. The SMILES string of the molecule is NCCN(C(=O)c1cccs1)C1CC1. The highest BCUT2D eigenvalue weighted by Gasteiger charge is 2.32. The minimum absolute atomic E-state index is 0.146. The molecule has 0 saturated heterocycles. The molecule has 3 nitrogen and oxygen atoms in total. The molecule has 2 rings (SSSR count). The van der Waals surface area contributed by atoms with Crippen molar-refractivity contribution in [2.45, 2.75) is 18.9 Å². The fourth-order valence-corrected chi connectivity index (χ4v) is 2.20. The highest BCUT2D eigenvalue weighted by molar-refractivity contribution is 7.12. The summed E-state index contributed by atoms with van der Waals surface area (Å²) in [6.45, 7) is 1.23. The van der Waals surface area contributed by atoms with Crippen molar-refractivity contribution in [1.29, 1.82) is 0 Å². The largest absolute Gasteiger partial charge is 0.334 e. The molecule has 14 heavy (non-hydrogen) atoms. The van der Waals surface area contributed by atoms with E-state index < -0.39 is 0 Å². The molecule has 1 fully saturated rings. The van der Waals surface area contributed by atoms with Gasteiger partial charge in [0.05, 0.1) is 4.88 Å². The number of carbonyl (C=O) groups is 1. The van der Waals surface area contributed by atoms with Crippen molar-refractivity contribution in [2.24, 2.45) is 5.73 Å². The van der Waals surface area contributed by atoms with Crippen LogP contribution >= 0.6 is 11.3 Å². The smallest absolute Gasteiger partial charge is 0.264 e. The lowest BCUT2D eigenvalue weighted by Gasteiger charge is -2.20. The van der Waals surface area contributed by atoms with Crippen molar-refractivity contribution in [1.82, 2.24) is 4.90 Å². The second kappa shape index (κ2) is 4.11. The van der Waals surface area contributed by atoms with Crippen LogP contribution in [0.15, 0.2) is 17.5 Å². The summed E-state index contributed by atoms with van der Waals surface area (Å²) in [4.78, 5) is 14.7. The third-order valence-corrected chi connectivity index (χ3v) is 3.21. The topological polar surface area (TPSA) is 46.3 Å². The van der Waals surface area contributed by atoms with Crippen LogP contribution in [-0.4, -0.2) is 29.9 Å². The van der Waals surface area contributed by atoms with Crippen molar-refractivity contribution >= 4 is 17.2 Å². The lowest BCUT2D eigenvalue weighted by atomic mass is 10.3. The van der Waals surface area contributed by atoms with Crippen LogP contribution in [0, 0.1) is 0 Å². The molecular formula is C10H14N2OS. The van der Waals surface area contributed by atoms with Gasteiger partial charge in [0.2, 0.25) is 0 Å². The van der Waals surface area contributed by atoms with Crippen LogP contribution in [0.5, 0.6) is 0 Å². The standard InChI is InChI=1S/C10H14N2OS/c11-5-6-12(8-3-4-8)10(13)9-2-1-7-14-9/h1-2,7-8H,3-6,11H2. The van der Waals surface area contributed by atoms with Crippen LogP contribution in [0.4, 0.5) is 0 Å². The van der Waals surface area contributed by atoms with E-state index in [-0.39, 0.29) is 5.91 Å². The summed E-state index contributed by atoms with van der Waals surface area (Å²) in [6.07, 6.45) is 2.27. The van der Waals surface area contributed by atoms with Crippen LogP contribution in [0.25, 0.3) is 0 Å². The number of thiophene rings is 1. The van der Waals surface area contributed by atoms with Crippen LogP contribution in [0.1, 0.15) is 22.5 Å². The second-order valence-corrected chi connectivity index (χ2v) is 4.44. The van der Waals surface area contributed by atoms with Gasteiger partial charge >= 0.3 is 0 Å². The number of hydrogen-bond donors (Lipinski definition) is 1. The molecule has 0 radical (unpaired) electrons. The van der Waals surface area contributed by atoms with Gasteiger partial charge in [0.15, 0.2) is 0 Å². The molecule has 1 aromatic rings. The lowest BCUT2D eigenvalue weighted by Crippen LogP contribution is -2.36. The van der Waals surface area contributed by atoms with Crippen molar-refractivity contribution in [3.8, 4) is 0 Å². The minimum atomic E-state index is 0.146. The maximum absolute atomic E-state index is 12.0. The average molecular weight is 210 g/mol. The summed E-state index contributed by atoms with van der Waals surface area (Å²) < 4.78 is 0. The van der Waals surface area contributed by atoms with Crippen molar-refractivity contribution in [3.63, 3.8) is 0 Å². The molecule has 0 bridgehead atoms. The van der Waals surface area contributed by atoms with Crippen LogP contribution < -0.4 is 5.73 Å². The summed E-state index contributed by atoms with van der Waals surface area (Å²) in [7, 11) is 0. The van der Waals surface area contributed by atoms with Gasteiger partial charge in [-0.05, 0) is 24.3 Å². The maximum atomic E-state index is 12.0. The Balaban J connectivity index is 2.07. The highest BCUT2D eigenvalue weighted by Crippen LogP contribution is 2.28. The predicted molar refractivity (Wildman–Crippen MR) is 57.4 cm³/mol. The monoisotopic (exact) mass is 210 g/mol. The van der Waals surface area contributed by atoms with E-state index in [9.17, 15) is 4.79 Å². The Hall–Kier alpha value is -0.870. The van der Waals surface area contributed by atoms with Crippen LogP contribution in [-0.2, 0) is 0 Å². The van der Waals surface area contributed by atoms with Crippen LogP contribution in [0.2, 0.25) is 0 Å². The second-order valence-electron chi connectivity index (χ2n) is 3.50. The summed E-state index contributed by atoms with van der Waals surface area (Å²) in [5, 5.41) is 1.93. The number of nitrogens with zero attached hydrogens (tertiary/aromatic N) is 1. The molecule has 1 aliphatic rings. The molecule has 1 heterocycles. The van der Waals surface area contributed by atoms with E-state index in [1.807, 2.05) is 22.4 Å². The van der Waals surface area contributed by atoms with E-state index in [1.54, 1.807) is 0 Å². The summed E-state index contributed by atoms with van der Waals surface area (Å²) in [6, 6.07) is 4.23. The Morgan fingerprint density at radius 1 is 1.64 bits per heavy atom. The summed E-state index contributed by atoms with van der Waals surface area (Å²) >= 11 is 1.50. The van der Waals surface area contributed by atoms with E-state index >= 15 is 0 Å². The molecule has 2 N–H and O–H groups in total. The normalized spacial score (nSPS) is 15.5. The van der Waals surface area contributed by atoms with E-state index in [0.717, 1.165) is 17.7 Å². The number of amides is 1. The third-order valence-electron chi connectivity index (χ3n) is 2.35. The molecule has 1 saturated carbocycles. The number of nitrogens with two attached hydrogens (primary N) is 1. The van der Waals surface area contributed by atoms with Gasteiger partial charge in [-0.15, -0.1) is 11.3 Å². The maximum Gasteiger partial charge on any atom is 0.264 e. The number of carbonyl (C=O) groups excluding carboxylic acids is 1. The van der Waals surface area contributed by atoms with Gasteiger partial charge in [-0.25, -0.2) is 0 Å². The Morgan fingerprint density at radius 3 is 2.93 bits per heavy atom. The van der Waals surface area contributed by atoms with Crippen molar-refractivity contribution < 1.29 is 4.79 Å². The predicted octanol–water partition coefficient (Wildman–Crippen LogP) is 1.31. The molecule has 0 unspecified atom stereocenters. The Labute approximate surface area is 87.5 Å². The molecular weight excluding hydrogens is 196 g/mol. The molecule has 4 heteroatoms. The fourth-order valence-electron chi connectivity index (χ4n) is 1.52. The first kappa shape index (κ1) is 9.68. The summed E-state index contributed by atoms with van der Waals surface area (Å²) in [5.74, 6) is 0.146. The Kier molecular flexibility index (Phi) is 2.84. The van der Waals surface area contributed by atoms with Gasteiger partial charge in [-0.2, -0.15) is 0 Å². The average Bonchev–Trinajstić information content (AvgIpc) is 2.88. The van der Waals surface area contributed by atoms with E-state index in [2.05, 4.69) is 0 Å².